The minimum absolute atomic E-state index is 0.0598. The highest BCUT2D eigenvalue weighted by Crippen LogP contribution is 2.59. The van der Waals surface area contributed by atoms with E-state index in [-0.39, 0.29) is 37.9 Å². The van der Waals surface area contributed by atoms with Crippen LogP contribution in [0.1, 0.15) is 65.0 Å². The van der Waals surface area contributed by atoms with Crippen LogP contribution in [0.5, 0.6) is 0 Å². The molecule has 3 fully saturated rings. The van der Waals surface area contributed by atoms with E-state index in [1.807, 2.05) is 51.1 Å². The maximum absolute atomic E-state index is 14.2. The van der Waals surface area contributed by atoms with Crippen molar-refractivity contribution in [2.45, 2.75) is 88.8 Å². The largest absolute Gasteiger partial charge is 0.455 e. The number of carbonyl (C=O) groups is 4. The molecule has 43 heavy (non-hydrogen) atoms. The number of esters is 1. The summed E-state index contributed by atoms with van der Waals surface area (Å²) in [4.78, 5) is 57.8. The molecule has 1 aromatic carbocycles. The van der Waals surface area contributed by atoms with Crippen LogP contribution in [-0.4, -0.2) is 87.6 Å². The Morgan fingerprint density at radius 2 is 1.93 bits per heavy atom. The lowest BCUT2D eigenvalue weighted by molar-refractivity contribution is -0.162. The molecule has 3 aliphatic heterocycles. The van der Waals surface area contributed by atoms with Crippen LogP contribution in [0.3, 0.4) is 0 Å². The highest BCUT2D eigenvalue weighted by molar-refractivity contribution is 5.98. The summed E-state index contributed by atoms with van der Waals surface area (Å²) in [6.07, 6.45) is 3.59. The molecule has 2 bridgehead atoms. The van der Waals surface area contributed by atoms with Gasteiger partial charge in [-0.05, 0) is 52.5 Å². The standard InChI is InChI=1S/C33H45N3O7/c1-7-9-15-24(38)34-21(3)27(22-13-11-10-12-14-22)42-31(41)25-23-16-17-33(43-23)26(25)29(39)35(19-20-37)28(33)30(40)36(18-8-2)32(4,5)6/h7-8,10-14,21,23,25-28,37H,1-2,9,15-20H2,3-6H3,(H,34,38)/t21-,23-,25+,26+,27-,28-,33+/m1/s1. The molecule has 10 nitrogen and oxygen atoms in total. The van der Waals surface area contributed by atoms with Crippen molar-refractivity contribution in [3.05, 3.63) is 61.2 Å². The van der Waals surface area contributed by atoms with Crippen LogP contribution in [0.4, 0.5) is 0 Å². The summed E-state index contributed by atoms with van der Waals surface area (Å²) in [5.74, 6) is -3.37. The zero-order valence-corrected chi connectivity index (χ0v) is 25.7. The van der Waals surface area contributed by atoms with Crippen molar-refractivity contribution in [2.24, 2.45) is 11.8 Å². The number of benzene rings is 1. The number of carbonyl (C=O) groups excluding carboxylic acids is 4. The maximum atomic E-state index is 14.2. The van der Waals surface area contributed by atoms with Crippen LogP contribution >= 0.6 is 0 Å². The second-order valence-corrected chi connectivity index (χ2v) is 12.7. The second-order valence-electron chi connectivity index (χ2n) is 12.7. The van der Waals surface area contributed by atoms with Gasteiger partial charge in [0, 0.05) is 25.0 Å². The van der Waals surface area contributed by atoms with Gasteiger partial charge in [0.25, 0.3) is 0 Å². The fraction of sp³-hybridized carbons (Fsp3) is 0.576. The Bertz CT molecular complexity index is 1230. The molecular weight excluding hydrogens is 550 g/mol. The predicted molar refractivity (Wildman–Crippen MR) is 160 cm³/mol. The van der Waals surface area contributed by atoms with Crippen LogP contribution in [0.25, 0.3) is 0 Å². The molecule has 3 amide bonds. The van der Waals surface area contributed by atoms with E-state index in [1.165, 1.54) is 4.90 Å². The molecule has 1 spiro atoms. The summed E-state index contributed by atoms with van der Waals surface area (Å²) in [7, 11) is 0. The number of nitrogens with zero attached hydrogens (tertiary/aromatic N) is 2. The topological polar surface area (TPSA) is 125 Å². The number of allylic oxidation sites excluding steroid dienone is 1. The summed E-state index contributed by atoms with van der Waals surface area (Å²) >= 11 is 0. The molecule has 0 aliphatic carbocycles. The minimum Gasteiger partial charge on any atom is -0.455 e. The third kappa shape index (κ3) is 6.13. The van der Waals surface area contributed by atoms with E-state index in [2.05, 4.69) is 18.5 Å². The predicted octanol–water partition coefficient (Wildman–Crippen LogP) is 2.92. The van der Waals surface area contributed by atoms with E-state index >= 15 is 0 Å². The Kier molecular flexibility index (Phi) is 9.81. The van der Waals surface area contributed by atoms with Crippen molar-refractivity contribution in [1.82, 2.24) is 15.1 Å². The first-order valence-corrected chi connectivity index (χ1v) is 15.1. The molecule has 0 unspecified atom stereocenters. The third-order valence-electron chi connectivity index (χ3n) is 8.82. The molecule has 7 atom stereocenters. The SMILES string of the molecule is C=CCCC(=O)N[C@H](C)[C@@H](OC(=O)[C@@H]1[C@H]2C(=O)N(CCO)[C@H](C(=O)N(CC=C)C(C)(C)C)[C@]23CC[C@H]1O3)c1ccccc1. The lowest BCUT2D eigenvalue weighted by atomic mass is 9.70. The number of likely N-dealkylation sites (tertiary alicyclic amines) is 1. The Balaban J connectivity index is 1.65. The van der Waals surface area contributed by atoms with Gasteiger partial charge in [-0.25, -0.2) is 0 Å². The molecule has 2 N–H and O–H groups in total. The van der Waals surface area contributed by atoms with Gasteiger partial charge in [0.05, 0.1) is 30.6 Å². The fourth-order valence-electron chi connectivity index (χ4n) is 6.96. The number of ether oxygens (including phenoxy) is 2. The number of β-amino-alcohol motifs (C(OH)–C–C–N with tert-alkyl or cyclic N) is 1. The number of aliphatic hydroxyl groups is 1. The van der Waals surface area contributed by atoms with Crippen LogP contribution in [-0.2, 0) is 28.7 Å². The van der Waals surface area contributed by atoms with Crippen LogP contribution < -0.4 is 5.32 Å². The van der Waals surface area contributed by atoms with Gasteiger partial charge >= 0.3 is 5.97 Å². The van der Waals surface area contributed by atoms with Crippen LogP contribution in [0.15, 0.2) is 55.6 Å². The van der Waals surface area contributed by atoms with E-state index in [0.717, 1.165) is 0 Å². The maximum Gasteiger partial charge on any atom is 0.313 e. The fourth-order valence-corrected chi connectivity index (χ4v) is 6.96. The highest BCUT2D eigenvalue weighted by Gasteiger charge is 2.75. The summed E-state index contributed by atoms with van der Waals surface area (Å²) in [5, 5.41) is 12.8. The molecule has 10 heteroatoms. The molecule has 234 valence electrons. The van der Waals surface area contributed by atoms with Gasteiger partial charge < -0.3 is 29.7 Å². The molecular formula is C33H45N3O7. The molecule has 0 saturated carbocycles. The molecule has 1 aromatic rings. The Morgan fingerprint density at radius 1 is 1.23 bits per heavy atom. The van der Waals surface area contributed by atoms with E-state index < -0.39 is 59.1 Å². The average molecular weight is 596 g/mol. The van der Waals surface area contributed by atoms with Crippen molar-refractivity contribution in [2.75, 3.05) is 19.7 Å². The minimum atomic E-state index is -1.21. The van der Waals surface area contributed by atoms with Gasteiger partial charge in [-0.3, -0.25) is 19.2 Å². The molecule has 0 aromatic heterocycles. The molecule has 3 saturated heterocycles. The monoisotopic (exact) mass is 595 g/mol. The highest BCUT2D eigenvalue weighted by atomic mass is 16.6. The zero-order chi connectivity index (χ0) is 31.5. The van der Waals surface area contributed by atoms with Crippen molar-refractivity contribution < 1.29 is 33.8 Å². The first-order valence-electron chi connectivity index (χ1n) is 15.1. The number of hydrogen-bond acceptors (Lipinski definition) is 7. The number of hydrogen-bond donors (Lipinski definition) is 2. The normalized spacial score (nSPS) is 27.3. The third-order valence-corrected chi connectivity index (χ3v) is 8.82. The lowest BCUT2D eigenvalue weighted by Gasteiger charge is -2.41. The summed E-state index contributed by atoms with van der Waals surface area (Å²) in [5.41, 5.74) is -1.09. The molecule has 3 aliphatic rings. The number of aliphatic hydroxyl groups excluding tert-OH is 1. The Labute approximate surface area is 254 Å². The van der Waals surface area contributed by atoms with E-state index in [1.54, 1.807) is 24.0 Å². The summed E-state index contributed by atoms with van der Waals surface area (Å²) in [6, 6.07) is 7.59. The van der Waals surface area contributed by atoms with Gasteiger partial charge in [0.15, 0.2) is 0 Å². The van der Waals surface area contributed by atoms with Gasteiger partial charge in [-0.2, -0.15) is 0 Å². The van der Waals surface area contributed by atoms with Crippen molar-refractivity contribution in [1.29, 1.82) is 0 Å². The number of fused-ring (bicyclic) bond motifs is 1. The number of amides is 3. The van der Waals surface area contributed by atoms with Crippen LogP contribution in [0.2, 0.25) is 0 Å². The second kappa shape index (κ2) is 13.0. The summed E-state index contributed by atoms with van der Waals surface area (Å²) in [6.45, 7) is 14.8. The first kappa shape index (κ1) is 32.4. The smallest absolute Gasteiger partial charge is 0.313 e. The molecule has 4 rings (SSSR count). The quantitative estimate of drug-likeness (QED) is 0.265. The van der Waals surface area contributed by atoms with Gasteiger partial charge in [-0.15, -0.1) is 13.2 Å². The number of nitrogens with one attached hydrogen (secondary N) is 1. The summed E-state index contributed by atoms with van der Waals surface area (Å²) < 4.78 is 12.6. The lowest BCUT2D eigenvalue weighted by Crippen LogP contribution is -2.60. The van der Waals surface area contributed by atoms with Crippen molar-refractivity contribution in [3.8, 4) is 0 Å². The zero-order valence-electron chi connectivity index (χ0n) is 25.7. The van der Waals surface area contributed by atoms with Crippen molar-refractivity contribution >= 4 is 23.7 Å². The van der Waals surface area contributed by atoms with Crippen molar-refractivity contribution in [3.63, 3.8) is 0 Å². The van der Waals surface area contributed by atoms with E-state index in [9.17, 15) is 24.3 Å². The van der Waals surface area contributed by atoms with E-state index in [0.29, 0.717) is 24.8 Å². The molecule has 3 heterocycles. The van der Waals surface area contributed by atoms with Gasteiger partial charge in [0.1, 0.15) is 17.7 Å². The average Bonchev–Trinajstić information content (AvgIpc) is 3.60. The van der Waals surface area contributed by atoms with E-state index in [4.69, 9.17) is 9.47 Å². The van der Waals surface area contributed by atoms with Gasteiger partial charge in [0.2, 0.25) is 17.7 Å². The number of rotatable bonds is 13. The Hall–Kier alpha value is -3.50. The van der Waals surface area contributed by atoms with Crippen LogP contribution in [0, 0.1) is 11.8 Å². The Morgan fingerprint density at radius 3 is 2.53 bits per heavy atom. The first-order chi connectivity index (χ1) is 20.4. The van der Waals surface area contributed by atoms with Gasteiger partial charge in [-0.1, -0.05) is 42.5 Å². The molecule has 0 radical (unpaired) electrons.